The molecule has 0 bridgehead atoms. The molecule has 0 saturated carbocycles. The van der Waals surface area contributed by atoms with Crippen molar-refractivity contribution < 1.29 is 14.2 Å². The van der Waals surface area contributed by atoms with Gasteiger partial charge in [-0.3, -0.25) is 0 Å². The summed E-state index contributed by atoms with van der Waals surface area (Å²) in [5, 5.41) is 3.79. The lowest BCUT2D eigenvalue weighted by Crippen LogP contribution is -1.98. The van der Waals surface area contributed by atoms with Crippen LogP contribution in [0.15, 0.2) is 36.4 Å². The summed E-state index contributed by atoms with van der Waals surface area (Å²) in [5.41, 5.74) is 1.57. The Hall–Kier alpha value is -2.07. The Kier molecular flexibility index (Phi) is 4.58. The standard InChI is InChI=1S/C15H16ClNO3/c1-18-10-7-8-12(14(9-10)19-2)17-13-6-4-5-11(16)15(13)20-3/h4-9,17H,1-3H3. The summed E-state index contributed by atoms with van der Waals surface area (Å²) in [6.45, 7) is 0. The van der Waals surface area contributed by atoms with Gasteiger partial charge in [0, 0.05) is 6.07 Å². The van der Waals surface area contributed by atoms with Crippen molar-refractivity contribution >= 4 is 23.0 Å². The van der Waals surface area contributed by atoms with Crippen LogP contribution in [-0.4, -0.2) is 21.3 Å². The van der Waals surface area contributed by atoms with E-state index in [2.05, 4.69) is 5.32 Å². The predicted octanol–water partition coefficient (Wildman–Crippen LogP) is 4.11. The number of hydrogen-bond donors (Lipinski definition) is 1. The van der Waals surface area contributed by atoms with Crippen molar-refractivity contribution in [1.82, 2.24) is 0 Å². The van der Waals surface area contributed by atoms with Gasteiger partial charge < -0.3 is 19.5 Å². The van der Waals surface area contributed by atoms with Gasteiger partial charge in [-0.2, -0.15) is 0 Å². The zero-order valence-electron chi connectivity index (χ0n) is 11.6. The van der Waals surface area contributed by atoms with E-state index in [1.54, 1.807) is 33.5 Å². The van der Waals surface area contributed by atoms with E-state index in [4.69, 9.17) is 25.8 Å². The molecule has 5 heteroatoms. The first kappa shape index (κ1) is 14.3. The van der Waals surface area contributed by atoms with E-state index < -0.39 is 0 Å². The molecule has 0 aliphatic rings. The molecule has 0 amide bonds. The zero-order chi connectivity index (χ0) is 14.5. The molecule has 0 atom stereocenters. The Morgan fingerprint density at radius 3 is 2.35 bits per heavy atom. The van der Waals surface area contributed by atoms with Crippen LogP contribution in [0.5, 0.6) is 17.2 Å². The van der Waals surface area contributed by atoms with Crippen LogP contribution in [0.1, 0.15) is 0 Å². The molecule has 106 valence electrons. The average Bonchev–Trinajstić information content (AvgIpc) is 2.48. The van der Waals surface area contributed by atoms with Crippen molar-refractivity contribution in [2.75, 3.05) is 26.6 Å². The number of benzene rings is 2. The number of para-hydroxylation sites is 1. The van der Waals surface area contributed by atoms with Gasteiger partial charge in [-0.25, -0.2) is 0 Å². The molecule has 0 aliphatic carbocycles. The van der Waals surface area contributed by atoms with E-state index in [9.17, 15) is 0 Å². The van der Waals surface area contributed by atoms with E-state index >= 15 is 0 Å². The third kappa shape index (κ3) is 2.91. The largest absolute Gasteiger partial charge is 0.497 e. The van der Waals surface area contributed by atoms with Crippen LogP contribution in [0.2, 0.25) is 5.02 Å². The maximum Gasteiger partial charge on any atom is 0.160 e. The van der Waals surface area contributed by atoms with Crippen molar-refractivity contribution in [3.05, 3.63) is 41.4 Å². The summed E-state index contributed by atoms with van der Waals surface area (Å²) < 4.78 is 15.8. The quantitative estimate of drug-likeness (QED) is 0.900. The van der Waals surface area contributed by atoms with E-state index in [0.29, 0.717) is 16.5 Å². The minimum atomic E-state index is 0.546. The first-order chi connectivity index (χ1) is 9.69. The highest BCUT2D eigenvalue weighted by atomic mass is 35.5. The van der Waals surface area contributed by atoms with Gasteiger partial charge in [-0.1, -0.05) is 17.7 Å². The molecule has 0 aromatic heterocycles. The zero-order valence-corrected chi connectivity index (χ0v) is 12.3. The third-order valence-electron chi connectivity index (χ3n) is 2.85. The van der Waals surface area contributed by atoms with Gasteiger partial charge in [-0.05, 0) is 24.3 Å². The van der Waals surface area contributed by atoms with Crippen LogP contribution in [0, 0.1) is 0 Å². The second kappa shape index (κ2) is 6.39. The number of halogens is 1. The Bertz CT molecular complexity index is 602. The van der Waals surface area contributed by atoms with Gasteiger partial charge in [-0.15, -0.1) is 0 Å². The first-order valence-corrected chi connectivity index (χ1v) is 6.39. The average molecular weight is 294 g/mol. The number of nitrogens with one attached hydrogen (secondary N) is 1. The predicted molar refractivity (Wildman–Crippen MR) is 80.8 cm³/mol. The second-order valence-corrected chi connectivity index (χ2v) is 4.42. The number of rotatable bonds is 5. The summed E-state index contributed by atoms with van der Waals surface area (Å²) in [4.78, 5) is 0. The van der Waals surface area contributed by atoms with Gasteiger partial charge in [0.25, 0.3) is 0 Å². The van der Waals surface area contributed by atoms with Crippen LogP contribution < -0.4 is 19.5 Å². The number of methoxy groups -OCH3 is 3. The molecule has 0 spiro atoms. The van der Waals surface area contributed by atoms with Gasteiger partial charge >= 0.3 is 0 Å². The second-order valence-electron chi connectivity index (χ2n) is 4.01. The lowest BCUT2D eigenvalue weighted by atomic mass is 10.2. The fraction of sp³-hybridized carbons (Fsp3) is 0.200. The Morgan fingerprint density at radius 2 is 1.70 bits per heavy atom. The van der Waals surface area contributed by atoms with Crippen LogP contribution in [0.4, 0.5) is 11.4 Å². The van der Waals surface area contributed by atoms with Gasteiger partial charge in [0.05, 0.1) is 37.7 Å². The highest BCUT2D eigenvalue weighted by Gasteiger charge is 2.10. The molecule has 2 aromatic carbocycles. The normalized spacial score (nSPS) is 10.0. The summed E-state index contributed by atoms with van der Waals surface area (Å²) >= 11 is 6.10. The van der Waals surface area contributed by atoms with Crippen molar-refractivity contribution in [2.24, 2.45) is 0 Å². The van der Waals surface area contributed by atoms with E-state index in [1.165, 1.54) is 0 Å². The molecule has 0 heterocycles. The molecule has 0 aliphatic heterocycles. The summed E-state index contributed by atoms with van der Waals surface area (Å²) in [5.74, 6) is 1.99. The van der Waals surface area contributed by atoms with Crippen molar-refractivity contribution in [2.45, 2.75) is 0 Å². The van der Waals surface area contributed by atoms with Crippen LogP contribution in [-0.2, 0) is 0 Å². The molecular formula is C15H16ClNO3. The topological polar surface area (TPSA) is 39.7 Å². The summed E-state index contributed by atoms with van der Waals surface area (Å²) in [6.07, 6.45) is 0. The van der Waals surface area contributed by atoms with E-state index in [0.717, 1.165) is 17.1 Å². The van der Waals surface area contributed by atoms with Crippen LogP contribution >= 0.6 is 11.6 Å². The number of hydrogen-bond acceptors (Lipinski definition) is 4. The Morgan fingerprint density at radius 1 is 0.900 bits per heavy atom. The Labute approximate surface area is 123 Å². The third-order valence-corrected chi connectivity index (χ3v) is 3.15. The molecule has 20 heavy (non-hydrogen) atoms. The van der Waals surface area contributed by atoms with E-state index in [1.807, 2.05) is 24.3 Å². The molecular weight excluding hydrogens is 278 g/mol. The Balaban J connectivity index is 2.37. The maximum absolute atomic E-state index is 6.10. The smallest absolute Gasteiger partial charge is 0.160 e. The van der Waals surface area contributed by atoms with Crippen molar-refractivity contribution in [3.8, 4) is 17.2 Å². The minimum absolute atomic E-state index is 0.546. The molecule has 1 N–H and O–H groups in total. The first-order valence-electron chi connectivity index (χ1n) is 6.01. The summed E-state index contributed by atoms with van der Waals surface area (Å²) in [6, 6.07) is 11.0. The number of anilines is 2. The molecule has 0 saturated heterocycles. The highest BCUT2D eigenvalue weighted by molar-refractivity contribution is 6.32. The monoisotopic (exact) mass is 293 g/mol. The molecule has 0 unspecified atom stereocenters. The lowest BCUT2D eigenvalue weighted by Gasteiger charge is -2.15. The van der Waals surface area contributed by atoms with Gasteiger partial charge in [0.15, 0.2) is 5.75 Å². The van der Waals surface area contributed by atoms with Crippen molar-refractivity contribution in [1.29, 1.82) is 0 Å². The maximum atomic E-state index is 6.10. The molecule has 4 nitrogen and oxygen atoms in total. The lowest BCUT2D eigenvalue weighted by molar-refractivity contribution is 0.395. The van der Waals surface area contributed by atoms with Gasteiger partial charge in [0.1, 0.15) is 11.5 Å². The van der Waals surface area contributed by atoms with Gasteiger partial charge in [0.2, 0.25) is 0 Å². The van der Waals surface area contributed by atoms with E-state index in [-0.39, 0.29) is 0 Å². The molecule has 2 aromatic rings. The van der Waals surface area contributed by atoms with Crippen LogP contribution in [0.3, 0.4) is 0 Å². The summed E-state index contributed by atoms with van der Waals surface area (Å²) in [7, 11) is 4.80. The van der Waals surface area contributed by atoms with Crippen molar-refractivity contribution in [3.63, 3.8) is 0 Å². The molecule has 2 rings (SSSR count). The van der Waals surface area contributed by atoms with Crippen LogP contribution in [0.25, 0.3) is 0 Å². The molecule has 0 radical (unpaired) electrons. The fourth-order valence-electron chi connectivity index (χ4n) is 1.86. The molecule has 0 fully saturated rings. The SMILES string of the molecule is COc1ccc(Nc2cccc(Cl)c2OC)c(OC)c1. The fourth-order valence-corrected chi connectivity index (χ4v) is 2.11. The number of ether oxygens (including phenoxy) is 3. The minimum Gasteiger partial charge on any atom is -0.497 e. The highest BCUT2D eigenvalue weighted by Crippen LogP contribution is 2.37.